The summed E-state index contributed by atoms with van der Waals surface area (Å²) in [5, 5.41) is 14.2. The molecule has 0 bridgehead atoms. The highest BCUT2D eigenvalue weighted by Crippen LogP contribution is 2.21. The SMILES string of the molecule is N=C(N)C(Nc1ccc(S(=O)(=O)O)cc1)C1CCNCC1. The van der Waals surface area contributed by atoms with Gasteiger partial charge in [0.2, 0.25) is 0 Å². The van der Waals surface area contributed by atoms with Gasteiger partial charge in [0.1, 0.15) is 5.84 Å². The van der Waals surface area contributed by atoms with Gasteiger partial charge >= 0.3 is 0 Å². The Labute approximate surface area is 124 Å². The molecule has 1 aromatic carbocycles. The van der Waals surface area contributed by atoms with Gasteiger partial charge in [-0.15, -0.1) is 0 Å². The Hall–Kier alpha value is -1.64. The van der Waals surface area contributed by atoms with Crippen LogP contribution in [0.4, 0.5) is 5.69 Å². The van der Waals surface area contributed by atoms with E-state index in [-0.39, 0.29) is 22.7 Å². The Bertz CT molecular complexity index is 594. The molecule has 0 amide bonds. The lowest BCUT2D eigenvalue weighted by Gasteiger charge is -2.31. The Kier molecular flexibility index (Phi) is 4.81. The maximum Gasteiger partial charge on any atom is 0.294 e. The fraction of sp³-hybridized carbons (Fsp3) is 0.462. The molecule has 21 heavy (non-hydrogen) atoms. The summed E-state index contributed by atoms with van der Waals surface area (Å²) in [6, 6.07) is 5.47. The first-order valence-corrected chi connectivity index (χ1v) is 8.20. The first kappa shape index (κ1) is 15.7. The van der Waals surface area contributed by atoms with Crippen LogP contribution in [0.15, 0.2) is 29.2 Å². The minimum Gasteiger partial charge on any atom is -0.386 e. The third-order valence-corrected chi connectivity index (χ3v) is 4.53. The smallest absolute Gasteiger partial charge is 0.294 e. The van der Waals surface area contributed by atoms with Crippen molar-refractivity contribution in [1.82, 2.24) is 5.32 Å². The molecule has 0 spiro atoms. The number of nitrogens with one attached hydrogen (secondary N) is 3. The van der Waals surface area contributed by atoms with Gasteiger partial charge in [-0.2, -0.15) is 8.42 Å². The first-order valence-electron chi connectivity index (χ1n) is 6.76. The first-order chi connectivity index (χ1) is 9.88. The molecule has 1 aliphatic heterocycles. The number of hydrogen-bond acceptors (Lipinski definition) is 5. The summed E-state index contributed by atoms with van der Waals surface area (Å²) in [6.07, 6.45) is 1.86. The number of amidine groups is 1. The second-order valence-electron chi connectivity index (χ2n) is 5.16. The van der Waals surface area contributed by atoms with Gasteiger partial charge in [-0.25, -0.2) is 0 Å². The van der Waals surface area contributed by atoms with Gasteiger partial charge in [-0.1, -0.05) is 0 Å². The van der Waals surface area contributed by atoms with Crippen LogP contribution in [-0.2, 0) is 10.1 Å². The molecule has 1 saturated heterocycles. The molecular weight excluding hydrogens is 292 g/mol. The maximum absolute atomic E-state index is 11.0. The standard InChI is InChI=1S/C13H20N4O3S/c14-13(15)12(9-5-7-16-8-6-9)17-10-1-3-11(4-2-10)21(18,19)20/h1-4,9,12,16-17H,5-8H2,(H3,14,15)(H,18,19,20). The molecule has 8 heteroatoms. The van der Waals surface area contributed by atoms with Crippen LogP contribution < -0.4 is 16.4 Å². The van der Waals surface area contributed by atoms with E-state index in [4.69, 9.17) is 15.7 Å². The van der Waals surface area contributed by atoms with Crippen molar-refractivity contribution < 1.29 is 13.0 Å². The van der Waals surface area contributed by atoms with Crippen molar-refractivity contribution in [3.05, 3.63) is 24.3 Å². The van der Waals surface area contributed by atoms with Crippen molar-refractivity contribution in [2.75, 3.05) is 18.4 Å². The molecule has 1 atom stereocenters. The summed E-state index contributed by atoms with van der Waals surface area (Å²) < 4.78 is 30.9. The molecule has 0 aromatic heterocycles. The molecule has 1 fully saturated rings. The van der Waals surface area contributed by atoms with Crippen molar-refractivity contribution in [3.63, 3.8) is 0 Å². The normalized spacial score (nSPS) is 18.1. The van der Waals surface area contributed by atoms with Crippen LogP contribution in [-0.4, -0.2) is 37.9 Å². The molecule has 1 unspecified atom stereocenters. The zero-order valence-corrected chi connectivity index (χ0v) is 12.4. The average molecular weight is 312 g/mol. The van der Waals surface area contributed by atoms with Crippen LogP contribution in [0.3, 0.4) is 0 Å². The van der Waals surface area contributed by atoms with Crippen molar-refractivity contribution >= 4 is 21.6 Å². The molecule has 0 aliphatic carbocycles. The van der Waals surface area contributed by atoms with Gasteiger partial charge < -0.3 is 16.4 Å². The quantitative estimate of drug-likeness (QED) is 0.308. The number of piperidine rings is 1. The highest BCUT2D eigenvalue weighted by molar-refractivity contribution is 7.85. The van der Waals surface area contributed by atoms with Crippen LogP contribution in [0.25, 0.3) is 0 Å². The van der Waals surface area contributed by atoms with E-state index in [9.17, 15) is 8.42 Å². The van der Waals surface area contributed by atoms with E-state index in [1.807, 2.05) is 0 Å². The van der Waals surface area contributed by atoms with Crippen molar-refractivity contribution in [2.45, 2.75) is 23.8 Å². The monoisotopic (exact) mass is 312 g/mol. The van der Waals surface area contributed by atoms with Crippen LogP contribution in [0.2, 0.25) is 0 Å². The molecule has 0 radical (unpaired) electrons. The fourth-order valence-electron chi connectivity index (χ4n) is 2.53. The summed E-state index contributed by atoms with van der Waals surface area (Å²) in [4.78, 5) is -0.158. The maximum atomic E-state index is 11.0. The molecule has 1 aromatic rings. The Morgan fingerprint density at radius 1 is 1.33 bits per heavy atom. The number of rotatable bonds is 5. The van der Waals surface area contributed by atoms with E-state index in [0.29, 0.717) is 5.69 Å². The van der Waals surface area contributed by atoms with Crippen molar-refractivity contribution in [1.29, 1.82) is 5.41 Å². The Morgan fingerprint density at radius 3 is 2.38 bits per heavy atom. The van der Waals surface area contributed by atoms with E-state index < -0.39 is 10.1 Å². The molecular formula is C13H20N4O3S. The summed E-state index contributed by atoms with van der Waals surface area (Å²) in [5.74, 6) is 0.339. The van der Waals surface area contributed by atoms with Crippen LogP contribution in [0, 0.1) is 11.3 Å². The van der Waals surface area contributed by atoms with E-state index in [1.54, 1.807) is 12.1 Å². The predicted octanol–water partition coefficient (Wildman–Crippen LogP) is 0.649. The van der Waals surface area contributed by atoms with Crippen LogP contribution >= 0.6 is 0 Å². The van der Waals surface area contributed by atoms with Crippen molar-refractivity contribution in [3.8, 4) is 0 Å². The largest absolute Gasteiger partial charge is 0.386 e. The van der Waals surface area contributed by atoms with E-state index in [1.165, 1.54) is 12.1 Å². The minimum atomic E-state index is -4.19. The molecule has 1 aliphatic rings. The highest BCUT2D eigenvalue weighted by Gasteiger charge is 2.25. The number of hydrogen-bond donors (Lipinski definition) is 5. The molecule has 6 N–H and O–H groups in total. The Balaban J connectivity index is 2.11. The zero-order chi connectivity index (χ0) is 15.5. The van der Waals surface area contributed by atoms with Gasteiger partial charge in [0.25, 0.3) is 10.1 Å². The molecule has 2 rings (SSSR count). The molecule has 0 saturated carbocycles. The topological polar surface area (TPSA) is 128 Å². The zero-order valence-electron chi connectivity index (χ0n) is 11.5. The van der Waals surface area contributed by atoms with Gasteiger partial charge in [0.05, 0.1) is 10.9 Å². The summed E-state index contributed by atoms with van der Waals surface area (Å²) >= 11 is 0. The summed E-state index contributed by atoms with van der Waals surface area (Å²) in [5.41, 5.74) is 6.35. The van der Waals surface area contributed by atoms with E-state index in [2.05, 4.69) is 10.6 Å². The number of benzene rings is 1. The van der Waals surface area contributed by atoms with Gasteiger partial charge in [0.15, 0.2) is 0 Å². The third kappa shape index (κ3) is 4.16. The van der Waals surface area contributed by atoms with E-state index in [0.717, 1.165) is 25.9 Å². The second-order valence-corrected chi connectivity index (χ2v) is 6.59. The third-order valence-electron chi connectivity index (χ3n) is 3.66. The van der Waals surface area contributed by atoms with Crippen LogP contribution in [0.5, 0.6) is 0 Å². The van der Waals surface area contributed by atoms with Crippen molar-refractivity contribution in [2.24, 2.45) is 11.7 Å². The average Bonchev–Trinajstić information content (AvgIpc) is 2.45. The minimum absolute atomic E-state index is 0.0701. The summed E-state index contributed by atoms with van der Waals surface area (Å²) in [7, 11) is -4.19. The van der Waals surface area contributed by atoms with Gasteiger partial charge in [0, 0.05) is 5.69 Å². The lowest BCUT2D eigenvalue weighted by atomic mass is 9.89. The number of nitrogens with two attached hydrogens (primary N) is 1. The summed E-state index contributed by atoms with van der Waals surface area (Å²) in [6.45, 7) is 1.80. The van der Waals surface area contributed by atoms with Crippen LogP contribution in [0.1, 0.15) is 12.8 Å². The lowest BCUT2D eigenvalue weighted by molar-refractivity contribution is 0.365. The predicted molar refractivity (Wildman–Crippen MR) is 81.2 cm³/mol. The fourth-order valence-corrected chi connectivity index (χ4v) is 3.01. The van der Waals surface area contributed by atoms with E-state index >= 15 is 0 Å². The lowest BCUT2D eigenvalue weighted by Crippen LogP contribution is -2.45. The second kappa shape index (κ2) is 6.42. The van der Waals surface area contributed by atoms with Gasteiger partial charge in [-0.05, 0) is 56.1 Å². The Morgan fingerprint density at radius 2 is 1.90 bits per heavy atom. The molecule has 1 heterocycles. The molecule has 7 nitrogen and oxygen atoms in total. The number of anilines is 1. The highest BCUT2D eigenvalue weighted by atomic mass is 32.2. The molecule has 116 valence electrons. The van der Waals surface area contributed by atoms with Gasteiger partial charge in [-0.3, -0.25) is 9.96 Å².